The molecule has 1 atom stereocenters. The summed E-state index contributed by atoms with van der Waals surface area (Å²) in [6.45, 7) is 3.80. The lowest BCUT2D eigenvalue weighted by Crippen LogP contribution is -2.39. The normalized spacial score (nSPS) is 11.4. The van der Waals surface area contributed by atoms with Gasteiger partial charge in [-0.1, -0.05) is 6.08 Å². The Hall–Kier alpha value is -2.54. The molecule has 0 saturated heterocycles. The monoisotopic (exact) mass is 308 g/mol. The van der Waals surface area contributed by atoms with Crippen molar-refractivity contribution in [1.29, 1.82) is 0 Å². The highest BCUT2D eigenvalue weighted by molar-refractivity contribution is 5.95. The fourth-order valence-corrected chi connectivity index (χ4v) is 1.76. The lowest BCUT2D eigenvalue weighted by atomic mass is 10.2. The molecule has 0 bridgehead atoms. The van der Waals surface area contributed by atoms with Crippen molar-refractivity contribution < 1.29 is 24.2 Å². The van der Waals surface area contributed by atoms with E-state index in [0.29, 0.717) is 23.7 Å². The van der Waals surface area contributed by atoms with Gasteiger partial charge in [-0.25, -0.2) is 0 Å². The van der Waals surface area contributed by atoms with Crippen LogP contribution in [-0.4, -0.2) is 43.8 Å². The summed E-state index contributed by atoms with van der Waals surface area (Å²) in [6, 6.07) is 3.94. The average Bonchev–Trinajstić information content (AvgIpc) is 2.51. The first-order chi connectivity index (χ1) is 10.5. The minimum atomic E-state index is -1.10. The molecular formula is C15H20N2O5. The third-order valence-electron chi connectivity index (χ3n) is 2.88. The van der Waals surface area contributed by atoms with Gasteiger partial charge in [-0.2, -0.15) is 0 Å². The molecule has 1 aromatic rings. The van der Waals surface area contributed by atoms with Crippen LogP contribution in [0.4, 0.5) is 5.69 Å². The fourth-order valence-electron chi connectivity index (χ4n) is 1.76. The van der Waals surface area contributed by atoms with Crippen LogP contribution in [-0.2, 0) is 9.59 Å². The molecule has 1 rings (SSSR count). The maximum absolute atomic E-state index is 12.0. The van der Waals surface area contributed by atoms with Gasteiger partial charge >= 0.3 is 5.97 Å². The molecule has 0 aliphatic heterocycles. The van der Waals surface area contributed by atoms with Gasteiger partial charge in [0.25, 0.3) is 0 Å². The minimum Gasteiger partial charge on any atom is -0.497 e. The van der Waals surface area contributed by atoms with E-state index in [4.69, 9.17) is 14.6 Å². The molecule has 0 unspecified atom stereocenters. The van der Waals surface area contributed by atoms with Crippen LogP contribution < -0.4 is 20.1 Å². The maximum atomic E-state index is 12.0. The Bertz CT molecular complexity index is 545. The number of benzene rings is 1. The molecule has 1 amide bonds. The van der Waals surface area contributed by atoms with Gasteiger partial charge in [0, 0.05) is 12.6 Å². The molecule has 0 aromatic heterocycles. The van der Waals surface area contributed by atoms with Crippen molar-refractivity contribution in [2.45, 2.75) is 12.5 Å². The first kappa shape index (κ1) is 17.5. The molecule has 0 aliphatic rings. The molecule has 22 heavy (non-hydrogen) atoms. The zero-order chi connectivity index (χ0) is 16.5. The highest BCUT2D eigenvalue weighted by Crippen LogP contribution is 2.29. The third-order valence-corrected chi connectivity index (χ3v) is 2.88. The Morgan fingerprint density at radius 3 is 2.64 bits per heavy atom. The second kappa shape index (κ2) is 8.68. The van der Waals surface area contributed by atoms with E-state index in [-0.39, 0.29) is 6.42 Å². The smallest absolute Gasteiger partial charge is 0.321 e. The summed E-state index contributed by atoms with van der Waals surface area (Å²) in [7, 11) is 2.99. The number of hydrogen-bond donors (Lipinski definition) is 3. The summed E-state index contributed by atoms with van der Waals surface area (Å²) in [5, 5.41) is 14.4. The first-order valence-corrected chi connectivity index (χ1v) is 6.60. The molecule has 0 fully saturated rings. The van der Waals surface area contributed by atoms with Crippen LogP contribution in [0.2, 0.25) is 0 Å². The number of carbonyl (C=O) groups excluding carboxylic acids is 1. The Morgan fingerprint density at radius 1 is 1.36 bits per heavy atom. The molecule has 0 aliphatic carbocycles. The van der Waals surface area contributed by atoms with E-state index in [9.17, 15) is 9.59 Å². The summed E-state index contributed by atoms with van der Waals surface area (Å²) in [4.78, 5) is 23.1. The Balaban J connectivity index is 2.74. The van der Waals surface area contributed by atoms with E-state index in [1.54, 1.807) is 18.2 Å². The molecule has 1 aromatic carbocycles. The van der Waals surface area contributed by atoms with E-state index in [1.807, 2.05) is 0 Å². The number of hydrogen-bond acceptors (Lipinski definition) is 5. The van der Waals surface area contributed by atoms with Gasteiger partial charge in [0.2, 0.25) is 5.91 Å². The van der Waals surface area contributed by atoms with Gasteiger partial charge in [0.05, 0.1) is 26.3 Å². The Labute approximate surface area is 128 Å². The van der Waals surface area contributed by atoms with Crippen molar-refractivity contribution in [3.63, 3.8) is 0 Å². The number of nitrogens with one attached hydrogen (secondary N) is 2. The maximum Gasteiger partial charge on any atom is 0.321 e. The van der Waals surface area contributed by atoms with Crippen molar-refractivity contribution in [2.75, 3.05) is 26.1 Å². The standard InChI is InChI=1S/C15H20N2O5/c1-4-7-16-12(15(19)20)9-14(18)17-11-6-5-10(21-2)8-13(11)22-3/h4-6,8,12,16H,1,7,9H2,2-3H3,(H,17,18)(H,19,20)/t12-/m1/s1. The van der Waals surface area contributed by atoms with Crippen LogP contribution in [0, 0.1) is 0 Å². The molecule has 0 spiro atoms. The number of rotatable bonds is 9. The molecule has 0 saturated carbocycles. The van der Waals surface area contributed by atoms with Crippen LogP contribution in [0.25, 0.3) is 0 Å². The van der Waals surface area contributed by atoms with Gasteiger partial charge in [-0.05, 0) is 12.1 Å². The number of methoxy groups -OCH3 is 2. The van der Waals surface area contributed by atoms with Gasteiger partial charge in [-0.3, -0.25) is 9.59 Å². The summed E-state index contributed by atoms with van der Waals surface area (Å²) < 4.78 is 10.2. The second-order valence-corrected chi connectivity index (χ2v) is 4.41. The molecule has 0 heterocycles. The Kier molecular flexibility index (Phi) is 6.91. The minimum absolute atomic E-state index is 0.210. The van der Waals surface area contributed by atoms with Crippen molar-refractivity contribution in [3.05, 3.63) is 30.9 Å². The molecule has 120 valence electrons. The van der Waals surface area contributed by atoms with Crippen molar-refractivity contribution in [3.8, 4) is 11.5 Å². The lowest BCUT2D eigenvalue weighted by Gasteiger charge is -2.15. The zero-order valence-corrected chi connectivity index (χ0v) is 12.6. The molecule has 7 nitrogen and oxygen atoms in total. The topological polar surface area (TPSA) is 96.9 Å². The SMILES string of the molecule is C=CCN[C@H](CC(=O)Nc1ccc(OC)cc1OC)C(=O)O. The van der Waals surface area contributed by atoms with Crippen LogP contribution in [0.1, 0.15) is 6.42 Å². The second-order valence-electron chi connectivity index (χ2n) is 4.41. The van der Waals surface area contributed by atoms with Crippen LogP contribution in [0.15, 0.2) is 30.9 Å². The fraction of sp³-hybridized carbons (Fsp3) is 0.333. The number of carboxylic acids is 1. The van der Waals surface area contributed by atoms with E-state index in [1.165, 1.54) is 20.3 Å². The number of carboxylic acid groups (broad SMARTS) is 1. The van der Waals surface area contributed by atoms with E-state index in [0.717, 1.165) is 0 Å². The summed E-state index contributed by atoms with van der Waals surface area (Å²) in [6.07, 6.45) is 1.32. The molecule has 7 heteroatoms. The highest BCUT2D eigenvalue weighted by atomic mass is 16.5. The Morgan fingerprint density at radius 2 is 2.09 bits per heavy atom. The molecule has 0 radical (unpaired) electrons. The van der Waals surface area contributed by atoms with E-state index in [2.05, 4.69) is 17.2 Å². The van der Waals surface area contributed by atoms with Crippen molar-refractivity contribution >= 4 is 17.6 Å². The van der Waals surface area contributed by atoms with E-state index >= 15 is 0 Å². The highest BCUT2D eigenvalue weighted by Gasteiger charge is 2.20. The van der Waals surface area contributed by atoms with Crippen molar-refractivity contribution in [2.24, 2.45) is 0 Å². The number of aliphatic carboxylic acids is 1. The average molecular weight is 308 g/mol. The van der Waals surface area contributed by atoms with Gasteiger partial charge < -0.3 is 25.2 Å². The predicted molar refractivity (Wildman–Crippen MR) is 82.4 cm³/mol. The van der Waals surface area contributed by atoms with E-state index < -0.39 is 17.9 Å². The lowest BCUT2D eigenvalue weighted by molar-refractivity contribution is -0.140. The third kappa shape index (κ3) is 5.10. The summed E-state index contributed by atoms with van der Waals surface area (Å²) >= 11 is 0. The van der Waals surface area contributed by atoms with Gasteiger partial charge in [-0.15, -0.1) is 6.58 Å². The van der Waals surface area contributed by atoms with Crippen LogP contribution in [0.3, 0.4) is 0 Å². The largest absolute Gasteiger partial charge is 0.497 e. The van der Waals surface area contributed by atoms with Gasteiger partial charge in [0.1, 0.15) is 17.5 Å². The first-order valence-electron chi connectivity index (χ1n) is 6.60. The summed E-state index contributed by atoms with van der Waals surface area (Å²) in [5.74, 6) is -0.518. The number of ether oxygens (including phenoxy) is 2. The van der Waals surface area contributed by atoms with Gasteiger partial charge in [0.15, 0.2) is 0 Å². The summed E-state index contributed by atoms with van der Waals surface area (Å²) in [5.41, 5.74) is 0.446. The number of carbonyl (C=O) groups is 2. The zero-order valence-electron chi connectivity index (χ0n) is 12.6. The number of anilines is 1. The number of amides is 1. The quantitative estimate of drug-likeness (QED) is 0.594. The van der Waals surface area contributed by atoms with Crippen LogP contribution in [0.5, 0.6) is 11.5 Å². The molecular weight excluding hydrogens is 288 g/mol. The molecule has 3 N–H and O–H groups in total. The van der Waals surface area contributed by atoms with Crippen LogP contribution >= 0.6 is 0 Å². The predicted octanol–water partition coefficient (Wildman–Crippen LogP) is 1.26. The van der Waals surface area contributed by atoms with Crippen molar-refractivity contribution in [1.82, 2.24) is 5.32 Å².